The highest BCUT2D eigenvalue weighted by molar-refractivity contribution is 9.10. The monoisotopic (exact) mass is 341 g/mol. The van der Waals surface area contributed by atoms with Crippen LogP contribution in [0.5, 0.6) is 0 Å². The molecular weight excluding hydrogens is 326 g/mol. The second-order valence-corrected chi connectivity index (χ2v) is 6.06. The van der Waals surface area contributed by atoms with E-state index in [4.69, 9.17) is 21.1 Å². The van der Waals surface area contributed by atoms with Crippen LogP contribution in [0.15, 0.2) is 10.5 Å². The Hall–Kier alpha value is 0.350. The Morgan fingerprint density at radius 3 is 2.88 bits per heavy atom. The van der Waals surface area contributed by atoms with Crippen LogP contribution in [0.2, 0.25) is 4.34 Å². The summed E-state index contributed by atoms with van der Waals surface area (Å²) in [5.74, 6) is 0. The quantitative estimate of drug-likeness (QED) is 0.698. The second kappa shape index (κ2) is 9.30. The molecule has 0 saturated carbocycles. The zero-order valence-corrected chi connectivity index (χ0v) is 13.0. The summed E-state index contributed by atoms with van der Waals surface area (Å²) < 4.78 is 12.0. The van der Waals surface area contributed by atoms with Crippen molar-refractivity contribution in [1.82, 2.24) is 5.32 Å². The van der Waals surface area contributed by atoms with E-state index in [1.165, 1.54) is 4.88 Å². The summed E-state index contributed by atoms with van der Waals surface area (Å²) in [5.41, 5.74) is 0. The largest absolute Gasteiger partial charge is 0.382 e. The van der Waals surface area contributed by atoms with Crippen LogP contribution >= 0.6 is 38.9 Å². The zero-order valence-electron chi connectivity index (χ0n) is 9.80. The van der Waals surface area contributed by atoms with Gasteiger partial charge in [0.15, 0.2) is 0 Å². The molecule has 98 valence electrons. The average Bonchev–Trinajstić information content (AvgIpc) is 2.62. The summed E-state index contributed by atoms with van der Waals surface area (Å²) in [6, 6.07) is 2.05. The molecule has 0 bridgehead atoms. The maximum Gasteiger partial charge on any atom is 0.107 e. The number of hydrogen-bond acceptors (Lipinski definition) is 4. The Morgan fingerprint density at radius 2 is 2.24 bits per heavy atom. The number of rotatable bonds is 9. The topological polar surface area (TPSA) is 30.5 Å². The van der Waals surface area contributed by atoms with Crippen LogP contribution in [-0.4, -0.2) is 33.5 Å². The number of hydrogen-bond donors (Lipinski definition) is 1. The SMILES string of the molecule is COCCOCCCNCc1cc(Br)c(Cl)s1. The Morgan fingerprint density at radius 1 is 1.41 bits per heavy atom. The molecule has 1 N–H and O–H groups in total. The molecular formula is C11H17BrClNO2S. The van der Waals surface area contributed by atoms with Crippen molar-refractivity contribution in [3.8, 4) is 0 Å². The highest BCUT2D eigenvalue weighted by Crippen LogP contribution is 2.31. The highest BCUT2D eigenvalue weighted by Gasteiger charge is 2.03. The lowest BCUT2D eigenvalue weighted by atomic mass is 10.4. The van der Waals surface area contributed by atoms with Gasteiger partial charge in [0.05, 0.1) is 13.2 Å². The van der Waals surface area contributed by atoms with Gasteiger partial charge in [0, 0.05) is 29.6 Å². The maximum absolute atomic E-state index is 5.95. The smallest absolute Gasteiger partial charge is 0.107 e. The van der Waals surface area contributed by atoms with Crippen LogP contribution in [0.25, 0.3) is 0 Å². The first-order valence-corrected chi connectivity index (χ1v) is 7.44. The number of thiophene rings is 1. The fraction of sp³-hybridized carbons (Fsp3) is 0.636. The number of ether oxygens (including phenoxy) is 2. The van der Waals surface area contributed by atoms with E-state index in [-0.39, 0.29) is 0 Å². The first kappa shape index (κ1) is 15.4. The summed E-state index contributed by atoms with van der Waals surface area (Å²) >= 11 is 10.9. The normalized spacial score (nSPS) is 11.0. The third-order valence-corrected chi connectivity index (χ3v) is 4.54. The number of halogens is 2. The summed E-state index contributed by atoms with van der Waals surface area (Å²) in [6.45, 7) is 3.90. The Bertz CT molecular complexity index is 303. The molecule has 1 heterocycles. The first-order valence-electron chi connectivity index (χ1n) is 5.45. The lowest BCUT2D eigenvalue weighted by Crippen LogP contribution is -2.16. The molecule has 0 atom stereocenters. The Balaban J connectivity index is 1.97. The van der Waals surface area contributed by atoms with Gasteiger partial charge in [0.2, 0.25) is 0 Å². The molecule has 1 aromatic rings. The lowest BCUT2D eigenvalue weighted by molar-refractivity contribution is 0.0695. The molecule has 0 amide bonds. The minimum Gasteiger partial charge on any atom is -0.382 e. The minimum atomic E-state index is 0.662. The van der Waals surface area contributed by atoms with E-state index in [1.807, 2.05) is 0 Å². The van der Waals surface area contributed by atoms with Gasteiger partial charge >= 0.3 is 0 Å². The molecule has 3 nitrogen and oxygen atoms in total. The second-order valence-electron chi connectivity index (χ2n) is 3.47. The van der Waals surface area contributed by atoms with Crippen molar-refractivity contribution in [2.24, 2.45) is 0 Å². The van der Waals surface area contributed by atoms with E-state index in [1.54, 1.807) is 18.4 Å². The third kappa shape index (κ3) is 6.74. The highest BCUT2D eigenvalue weighted by atomic mass is 79.9. The van der Waals surface area contributed by atoms with Gasteiger partial charge in [-0.2, -0.15) is 0 Å². The summed E-state index contributed by atoms with van der Waals surface area (Å²) in [6.07, 6.45) is 1.00. The summed E-state index contributed by atoms with van der Waals surface area (Å²) in [5, 5.41) is 3.35. The van der Waals surface area contributed by atoms with Crippen molar-refractivity contribution in [3.63, 3.8) is 0 Å². The van der Waals surface area contributed by atoms with E-state index in [0.29, 0.717) is 13.2 Å². The Kier molecular flexibility index (Phi) is 8.43. The lowest BCUT2D eigenvalue weighted by Gasteiger charge is -2.04. The van der Waals surface area contributed by atoms with E-state index in [2.05, 4.69) is 27.3 Å². The molecule has 0 aliphatic carbocycles. The van der Waals surface area contributed by atoms with Crippen LogP contribution in [0.3, 0.4) is 0 Å². The van der Waals surface area contributed by atoms with Crippen molar-refractivity contribution in [1.29, 1.82) is 0 Å². The van der Waals surface area contributed by atoms with Gasteiger partial charge in [-0.25, -0.2) is 0 Å². The fourth-order valence-electron chi connectivity index (χ4n) is 1.23. The van der Waals surface area contributed by atoms with Crippen LogP contribution in [0.1, 0.15) is 11.3 Å². The number of nitrogens with one attached hydrogen (secondary N) is 1. The fourth-order valence-corrected chi connectivity index (χ4v) is 2.99. The molecule has 1 rings (SSSR count). The molecule has 0 saturated heterocycles. The molecule has 0 spiro atoms. The molecule has 0 unspecified atom stereocenters. The van der Waals surface area contributed by atoms with Gasteiger partial charge in [0.1, 0.15) is 4.34 Å². The summed E-state index contributed by atoms with van der Waals surface area (Å²) in [4.78, 5) is 1.24. The maximum atomic E-state index is 5.95. The van der Waals surface area contributed by atoms with Crippen molar-refractivity contribution in [2.75, 3.05) is 33.5 Å². The van der Waals surface area contributed by atoms with E-state index in [9.17, 15) is 0 Å². The average molecular weight is 343 g/mol. The van der Waals surface area contributed by atoms with Crippen molar-refractivity contribution >= 4 is 38.9 Å². The van der Waals surface area contributed by atoms with Crippen molar-refractivity contribution < 1.29 is 9.47 Å². The first-order chi connectivity index (χ1) is 8.24. The van der Waals surface area contributed by atoms with Crippen LogP contribution in [0.4, 0.5) is 0 Å². The van der Waals surface area contributed by atoms with Crippen LogP contribution in [0, 0.1) is 0 Å². The molecule has 6 heteroatoms. The molecule has 0 fully saturated rings. The third-order valence-electron chi connectivity index (χ3n) is 2.07. The molecule has 17 heavy (non-hydrogen) atoms. The molecule has 1 aromatic heterocycles. The molecule has 0 radical (unpaired) electrons. The van der Waals surface area contributed by atoms with E-state index < -0.39 is 0 Å². The Labute approximate surface area is 120 Å². The van der Waals surface area contributed by atoms with Crippen molar-refractivity contribution in [3.05, 3.63) is 19.8 Å². The molecule has 0 aliphatic heterocycles. The van der Waals surface area contributed by atoms with Crippen LogP contribution < -0.4 is 5.32 Å². The van der Waals surface area contributed by atoms with Gasteiger partial charge in [-0.1, -0.05) is 11.6 Å². The van der Waals surface area contributed by atoms with E-state index >= 15 is 0 Å². The van der Waals surface area contributed by atoms with Gasteiger partial charge < -0.3 is 14.8 Å². The predicted molar refractivity (Wildman–Crippen MR) is 76.0 cm³/mol. The molecule has 0 aromatic carbocycles. The van der Waals surface area contributed by atoms with Gasteiger partial charge in [-0.05, 0) is 35.0 Å². The van der Waals surface area contributed by atoms with Gasteiger partial charge in [0.25, 0.3) is 0 Å². The minimum absolute atomic E-state index is 0.662. The van der Waals surface area contributed by atoms with E-state index in [0.717, 1.165) is 34.9 Å². The van der Waals surface area contributed by atoms with Gasteiger partial charge in [-0.15, -0.1) is 11.3 Å². The zero-order chi connectivity index (χ0) is 12.5. The van der Waals surface area contributed by atoms with Crippen molar-refractivity contribution in [2.45, 2.75) is 13.0 Å². The standard InChI is InChI=1S/C11H17BrClNO2S/c1-15-5-6-16-4-2-3-14-8-9-7-10(12)11(13)17-9/h7,14H,2-6,8H2,1H3. The molecule has 0 aliphatic rings. The summed E-state index contributed by atoms with van der Waals surface area (Å²) in [7, 11) is 1.68. The van der Waals surface area contributed by atoms with Crippen LogP contribution in [-0.2, 0) is 16.0 Å². The predicted octanol–water partition coefficient (Wildman–Crippen LogP) is 3.31. The number of methoxy groups -OCH3 is 1. The van der Waals surface area contributed by atoms with Gasteiger partial charge in [-0.3, -0.25) is 0 Å².